The molecule has 5 nitrogen and oxygen atoms in total. The van der Waals surface area contributed by atoms with E-state index < -0.39 is 0 Å². The number of rotatable bonds is 6. The molecule has 0 saturated heterocycles. The minimum atomic E-state index is 0.830. The monoisotopic (exact) mass is 358 g/mol. The number of anilines is 1. The third-order valence-electron chi connectivity index (χ3n) is 4.59. The molecule has 0 radical (unpaired) electrons. The normalized spacial score (nSPS) is 11.4. The second kappa shape index (κ2) is 7.68. The van der Waals surface area contributed by atoms with Crippen molar-refractivity contribution in [3.05, 3.63) is 66.9 Å². The molecule has 5 heteroatoms. The summed E-state index contributed by atoms with van der Waals surface area (Å²) in [4.78, 5) is 7.16. The highest BCUT2D eigenvalue weighted by Crippen LogP contribution is 2.24. The molecule has 2 aromatic carbocycles. The second-order valence-corrected chi connectivity index (χ2v) is 6.93. The molecule has 136 valence electrons. The first-order chi connectivity index (χ1) is 13.2. The lowest BCUT2D eigenvalue weighted by Crippen LogP contribution is -2.29. The molecule has 0 unspecified atom stereocenters. The van der Waals surface area contributed by atoms with Gasteiger partial charge in [0.2, 0.25) is 0 Å². The van der Waals surface area contributed by atoms with E-state index in [1.165, 1.54) is 0 Å². The lowest BCUT2D eigenvalue weighted by molar-refractivity contribution is -0.580. The van der Waals surface area contributed by atoms with Crippen LogP contribution in [0.15, 0.2) is 66.9 Å². The van der Waals surface area contributed by atoms with Crippen LogP contribution in [-0.4, -0.2) is 42.2 Å². The third kappa shape index (κ3) is 3.73. The first-order valence-electron chi connectivity index (χ1n) is 9.28. The lowest BCUT2D eigenvalue weighted by atomic mass is 10.1. The van der Waals surface area contributed by atoms with Crippen molar-refractivity contribution in [1.29, 1.82) is 0 Å². The van der Waals surface area contributed by atoms with Crippen molar-refractivity contribution >= 4 is 22.2 Å². The van der Waals surface area contributed by atoms with Crippen molar-refractivity contribution in [2.45, 2.75) is 6.42 Å². The molecule has 2 heterocycles. The quantitative estimate of drug-likeness (QED) is 0.326. The summed E-state index contributed by atoms with van der Waals surface area (Å²) in [5.74, 6) is 0.830. The van der Waals surface area contributed by atoms with Gasteiger partial charge in [0, 0.05) is 12.1 Å². The Labute approximate surface area is 159 Å². The first-order valence-corrected chi connectivity index (χ1v) is 9.28. The van der Waals surface area contributed by atoms with E-state index in [-0.39, 0.29) is 0 Å². The molecule has 4 rings (SSSR count). The zero-order chi connectivity index (χ0) is 18.6. The fraction of sp³-hybridized carbons (Fsp3) is 0.227. The van der Waals surface area contributed by atoms with Crippen LogP contribution >= 0.6 is 0 Å². The van der Waals surface area contributed by atoms with Crippen LogP contribution in [0.4, 0.5) is 5.82 Å². The standard InChI is InChI=1S/C22H23N5/c1-26(2)15-8-14-23-21-20(18-10-4-3-5-11-18)25-27-16-13-17-9-6-7-12-19(17)22(27)24-21/h3-7,9-13,16H,8,14-15H2,1-2H3/p+1. The Kier molecular flexibility index (Phi) is 4.94. The number of benzene rings is 2. The Balaban J connectivity index is 1.81. The number of aromatic nitrogens is 3. The Morgan fingerprint density at radius 2 is 1.74 bits per heavy atom. The number of hydrogen-bond donors (Lipinski definition) is 1. The van der Waals surface area contributed by atoms with E-state index in [0.717, 1.165) is 53.0 Å². The van der Waals surface area contributed by atoms with Crippen LogP contribution in [0.5, 0.6) is 0 Å². The average molecular weight is 358 g/mol. The molecule has 0 atom stereocenters. The van der Waals surface area contributed by atoms with Crippen LogP contribution in [0.2, 0.25) is 0 Å². The van der Waals surface area contributed by atoms with Gasteiger partial charge >= 0.3 is 5.65 Å². The molecule has 0 aliphatic heterocycles. The van der Waals surface area contributed by atoms with Gasteiger partial charge in [-0.3, -0.25) is 0 Å². The summed E-state index contributed by atoms with van der Waals surface area (Å²) in [5, 5.41) is 10.7. The number of fused-ring (bicyclic) bond motifs is 3. The van der Waals surface area contributed by atoms with Gasteiger partial charge in [0.15, 0.2) is 5.69 Å². The second-order valence-electron chi connectivity index (χ2n) is 6.93. The predicted molar refractivity (Wildman–Crippen MR) is 110 cm³/mol. The highest BCUT2D eigenvalue weighted by Gasteiger charge is 2.20. The smallest absolute Gasteiger partial charge is 0.347 e. The Hall–Kier alpha value is -3.05. The Bertz CT molecular complexity index is 1060. The summed E-state index contributed by atoms with van der Waals surface area (Å²) in [6, 6.07) is 20.6. The first kappa shape index (κ1) is 17.4. The largest absolute Gasteiger partial charge is 0.358 e. The van der Waals surface area contributed by atoms with Gasteiger partial charge in [0.1, 0.15) is 6.20 Å². The molecule has 0 spiro atoms. The van der Waals surface area contributed by atoms with Crippen molar-refractivity contribution < 1.29 is 4.52 Å². The van der Waals surface area contributed by atoms with Crippen LogP contribution in [0.3, 0.4) is 0 Å². The number of nitrogens with zero attached hydrogens (tertiary/aromatic N) is 4. The fourth-order valence-corrected chi connectivity index (χ4v) is 3.21. The van der Waals surface area contributed by atoms with Crippen LogP contribution < -0.4 is 9.83 Å². The van der Waals surface area contributed by atoms with Gasteiger partial charge < -0.3 is 10.2 Å². The SMILES string of the molecule is CN(C)CCCNc1nc2c3ccccc3cc[n+]2nc1-c1ccccc1. The van der Waals surface area contributed by atoms with Crippen molar-refractivity contribution in [3.8, 4) is 11.3 Å². The van der Waals surface area contributed by atoms with Gasteiger partial charge in [-0.25, -0.2) is 0 Å². The van der Waals surface area contributed by atoms with Crippen LogP contribution in [-0.2, 0) is 0 Å². The Morgan fingerprint density at radius 3 is 2.56 bits per heavy atom. The van der Waals surface area contributed by atoms with Gasteiger partial charge in [0.05, 0.1) is 5.39 Å². The molecule has 0 fully saturated rings. The van der Waals surface area contributed by atoms with Crippen molar-refractivity contribution in [1.82, 2.24) is 15.0 Å². The summed E-state index contributed by atoms with van der Waals surface area (Å²) in [6.07, 6.45) is 3.02. The summed E-state index contributed by atoms with van der Waals surface area (Å²) in [5.41, 5.74) is 2.79. The summed E-state index contributed by atoms with van der Waals surface area (Å²) >= 11 is 0. The third-order valence-corrected chi connectivity index (χ3v) is 4.59. The van der Waals surface area contributed by atoms with E-state index in [0.29, 0.717) is 0 Å². The Morgan fingerprint density at radius 1 is 0.963 bits per heavy atom. The van der Waals surface area contributed by atoms with Crippen molar-refractivity contribution in [2.24, 2.45) is 0 Å². The topological polar surface area (TPSA) is 45.1 Å². The summed E-state index contributed by atoms with van der Waals surface area (Å²) in [7, 11) is 4.18. The molecule has 0 aliphatic rings. The maximum absolute atomic E-state index is 4.97. The molecule has 4 aromatic rings. The minimum Gasteiger partial charge on any atom is -0.347 e. The zero-order valence-corrected chi connectivity index (χ0v) is 15.8. The minimum absolute atomic E-state index is 0.830. The number of pyridine rings is 1. The highest BCUT2D eigenvalue weighted by molar-refractivity contribution is 5.92. The van der Waals surface area contributed by atoms with E-state index >= 15 is 0 Å². The number of hydrogen-bond acceptors (Lipinski definition) is 4. The molecular weight excluding hydrogens is 334 g/mol. The zero-order valence-electron chi connectivity index (χ0n) is 15.8. The maximum atomic E-state index is 4.97. The maximum Gasteiger partial charge on any atom is 0.358 e. The van der Waals surface area contributed by atoms with Crippen molar-refractivity contribution in [2.75, 3.05) is 32.5 Å². The van der Waals surface area contributed by atoms with Gasteiger partial charge in [-0.05, 0) is 49.6 Å². The van der Waals surface area contributed by atoms with E-state index in [9.17, 15) is 0 Å². The van der Waals surface area contributed by atoms with E-state index in [2.05, 4.69) is 54.6 Å². The van der Waals surface area contributed by atoms with Crippen LogP contribution in [0.1, 0.15) is 6.42 Å². The number of nitrogens with one attached hydrogen (secondary N) is 1. The van der Waals surface area contributed by atoms with Crippen LogP contribution in [0.25, 0.3) is 27.7 Å². The van der Waals surface area contributed by atoms with E-state index in [1.54, 1.807) is 0 Å². The predicted octanol–water partition coefficient (Wildman–Crippen LogP) is 3.40. The van der Waals surface area contributed by atoms with Gasteiger partial charge in [0.25, 0.3) is 5.82 Å². The molecule has 0 saturated carbocycles. The molecule has 27 heavy (non-hydrogen) atoms. The van der Waals surface area contributed by atoms with Crippen molar-refractivity contribution in [3.63, 3.8) is 0 Å². The molecule has 2 aromatic heterocycles. The van der Waals surface area contributed by atoms with Crippen LogP contribution in [0, 0.1) is 0 Å². The highest BCUT2D eigenvalue weighted by atomic mass is 15.3. The molecule has 0 amide bonds. The van der Waals surface area contributed by atoms with Gasteiger partial charge in [-0.1, -0.05) is 53.6 Å². The summed E-state index contributed by atoms with van der Waals surface area (Å²) in [6.45, 7) is 1.89. The molecule has 0 aliphatic carbocycles. The van der Waals surface area contributed by atoms with Gasteiger partial charge in [-0.2, -0.15) is 0 Å². The molecule has 1 N–H and O–H groups in total. The molecular formula is C22H24N5+. The average Bonchev–Trinajstić information content (AvgIpc) is 2.71. The van der Waals surface area contributed by atoms with E-state index in [1.807, 2.05) is 41.0 Å². The lowest BCUT2D eigenvalue weighted by Gasteiger charge is -2.10. The van der Waals surface area contributed by atoms with E-state index in [4.69, 9.17) is 10.1 Å². The molecule has 0 bridgehead atoms. The summed E-state index contributed by atoms with van der Waals surface area (Å²) < 4.78 is 1.87. The van der Waals surface area contributed by atoms with Gasteiger partial charge in [-0.15, -0.1) is 4.52 Å². The fourth-order valence-electron chi connectivity index (χ4n) is 3.21.